The molecular formula is C16H22ClN3. The van der Waals surface area contributed by atoms with Crippen molar-refractivity contribution in [1.29, 1.82) is 0 Å². The second-order valence-corrected chi connectivity index (χ2v) is 7.40. The maximum Gasteiger partial charge on any atom is 0.117 e. The van der Waals surface area contributed by atoms with Crippen LogP contribution >= 0.6 is 11.6 Å². The Hall–Kier alpha value is -1.06. The Kier molecular flexibility index (Phi) is 2.93. The Labute approximate surface area is 125 Å². The van der Waals surface area contributed by atoms with Crippen LogP contribution in [0.25, 0.3) is 11.0 Å². The maximum atomic E-state index is 6.42. The summed E-state index contributed by atoms with van der Waals surface area (Å²) in [6, 6.07) is 6.45. The maximum absolute atomic E-state index is 6.42. The zero-order valence-corrected chi connectivity index (χ0v) is 13.3. The van der Waals surface area contributed by atoms with Crippen LogP contribution in [-0.2, 0) is 5.41 Å². The molecule has 1 aromatic heterocycles. The minimum absolute atomic E-state index is 0.224. The van der Waals surface area contributed by atoms with E-state index in [9.17, 15) is 0 Å². The number of halogens is 1. The molecule has 2 aromatic rings. The molecule has 0 amide bonds. The molecule has 108 valence electrons. The first-order valence-electron chi connectivity index (χ1n) is 7.19. The van der Waals surface area contributed by atoms with Crippen molar-refractivity contribution in [2.75, 3.05) is 0 Å². The van der Waals surface area contributed by atoms with Crippen LogP contribution in [0, 0.1) is 0 Å². The normalized spacial score (nSPS) is 16.9. The van der Waals surface area contributed by atoms with Crippen LogP contribution in [0.15, 0.2) is 18.2 Å². The minimum atomic E-state index is -0.354. The van der Waals surface area contributed by atoms with E-state index in [1.54, 1.807) is 0 Å². The van der Waals surface area contributed by atoms with Gasteiger partial charge in [0, 0.05) is 17.0 Å². The average Bonchev–Trinajstić information content (AvgIpc) is 3.08. The predicted octanol–water partition coefficient (Wildman–Crippen LogP) is 4.04. The smallest absolute Gasteiger partial charge is 0.117 e. The number of imidazole rings is 1. The van der Waals surface area contributed by atoms with Crippen molar-refractivity contribution in [3.05, 3.63) is 29.0 Å². The first kappa shape index (κ1) is 13.9. The third-order valence-electron chi connectivity index (χ3n) is 4.74. The topological polar surface area (TPSA) is 43.8 Å². The Morgan fingerprint density at radius 3 is 2.45 bits per heavy atom. The molecule has 0 spiro atoms. The van der Waals surface area contributed by atoms with E-state index >= 15 is 0 Å². The van der Waals surface area contributed by atoms with Crippen molar-refractivity contribution in [3.8, 4) is 0 Å². The number of aromatic nitrogens is 2. The van der Waals surface area contributed by atoms with Crippen LogP contribution in [0.3, 0.4) is 0 Å². The van der Waals surface area contributed by atoms with Gasteiger partial charge in [0.2, 0.25) is 0 Å². The Morgan fingerprint density at radius 1 is 1.25 bits per heavy atom. The molecule has 0 aliphatic heterocycles. The number of fused-ring (bicyclic) bond motifs is 1. The number of nitrogens with zero attached hydrogens (tertiary/aromatic N) is 2. The number of nitrogens with two attached hydrogens (primary N) is 1. The van der Waals surface area contributed by atoms with Crippen molar-refractivity contribution in [3.63, 3.8) is 0 Å². The molecule has 0 bridgehead atoms. The summed E-state index contributed by atoms with van der Waals surface area (Å²) in [6.07, 6.45) is 2.40. The molecule has 1 fully saturated rings. The van der Waals surface area contributed by atoms with Gasteiger partial charge in [0.1, 0.15) is 5.82 Å². The zero-order valence-electron chi connectivity index (χ0n) is 12.6. The van der Waals surface area contributed by atoms with E-state index in [4.69, 9.17) is 22.3 Å². The number of hydrogen-bond acceptors (Lipinski definition) is 2. The third-order valence-corrected chi connectivity index (χ3v) is 5.05. The highest BCUT2D eigenvalue weighted by molar-refractivity contribution is 6.35. The van der Waals surface area contributed by atoms with E-state index in [0.717, 1.165) is 21.9 Å². The molecule has 0 atom stereocenters. The summed E-state index contributed by atoms with van der Waals surface area (Å²) in [5, 5.41) is 0.777. The van der Waals surface area contributed by atoms with Gasteiger partial charge in [0.15, 0.2) is 0 Å². The monoisotopic (exact) mass is 291 g/mol. The zero-order chi connectivity index (χ0) is 14.7. The van der Waals surface area contributed by atoms with Crippen molar-refractivity contribution < 1.29 is 0 Å². The van der Waals surface area contributed by atoms with Gasteiger partial charge in [0.05, 0.1) is 16.1 Å². The van der Waals surface area contributed by atoms with Gasteiger partial charge in [-0.2, -0.15) is 0 Å². The van der Waals surface area contributed by atoms with E-state index in [1.807, 2.05) is 18.2 Å². The molecule has 0 radical (unpaired) electrons. The third kappa shape index (κ3) is 1.95. The van der Waals surface area contributed by atoms with Gasteiger partial charge in [0.25, 0.3) is 0 Å². The molecule has 1 aromatic carbocycles. The van der Waals surface area contributed by atoms with Gasteiger partial charge in [-0.1, -0.05) is 31.5 Å². The van der Waals surface area contributed by atoms with Gasteiger partial charge >= 0.3 is 0 Å². The number of para-hydroxylation sites is 1. The molecule has 3 nitrogen and oxygen atoms in total. The molecular weight excluding hydrogens is 270 g/mol. The minimum Gasteiger partial charge on any atom is -0.325 e. The second kappa shape index (κ2) is 4.22. The molecule has 2 N–H and O–H groups in total. The van der Waals surface area contributed by atoms with E-state index in [-0.39, 0.29) is 11.0 Å². The first-order chi connectivity index (χ1) is 9.23. The molecule has 1 heterocycles. The van der Waals surface area contributed by atoms with Crippen molar-refractivity contribution in [2.24, 2.45) is 5.73 Å². The Balaban J connectivity index is 2.31. The van der Waals surface area contributed by atoms with Crippen LogP contribution in [0.4, 0.5) is 0 Å². The molecule has 0 unspecified atom stereocenters. The predicted molar refractivity (Wildman–Crippen MR) is 84.3 cm³/mol. The van der Waals surface area contributed by atoms with Crippen LogP contribution in [0.2, 0.25) is 5.02 Å². The van der Waals surface area contributed by atoms with Crippen LogP contribution in [0.5, 0.6) is 0 Å². The lowest BCUT2D eigenvalue weighted by Crippen LogP contribution is -2.51. The summed E-state index contributed by atoms with van der Waals surface area (Å²) in [5.41, 5.74) is 7.86. The molecule has 1 aliphatic carbocycles. The highest BCUT2D eigenvalue weighted by Crippen LogP contribution is 2.44. The van der Waals surface area contributed by atoms with Crippen LogP contribution < -0.4 is 5.73 Å². The first-order valence-corrected chi connectivity index (χ1v) is 7.57. The Morgan fingerprint density at radius 2 is 1.90 bits per heavy atom. The highest BCUT2D eigenvalue weighted by atomic mass is 35.5. The summed E-state index contributed by atoms with van der Waals surface area (Å²) < 4.78 is 2.33. The van der Waals surface area contributed by atoms with Crippen LogP contribution in [-0.4, -0.2) is 15.1 Å². The SMILES string of the molecule is CC(C)(N)C(C)(C)c1nc2cccc(Cl)c2n1C1CC1. The molecule has 3 rings (SSSR count). The van der Waals surface area contributed by atoms with Crippen molar-refractivity contribution in [1.82, 2.24) is 9.55 Å². The largest absolute Gasteiger partial charge is 0.325 e. The summed E-state index contributed by atoms with van der Waals surface area (Å²) >= 11 is 6.42. The number of rotatable bonds is 3. The van der Waals surface area contributed by atoms with Crippen LogP contribution in [0.1, 0.15) is 52.4 Å². The highest BCUT2D eigenvalue weighted by Gasteiger charge is 2.42. The van der Waals surface area contributed by atoms with Gasteiger partial charge in [-0.05, 0) is 38.8 Å². The summed E-state index contributed by atoms with van der Waals surface area (Å²) in [6.45, 7) is 8.46. The van der Waals surface area contributed by atoms with Crippen molar-refractivity contribution in [2.45, 2.75) is 57.5 Å². The van der Waals surface area contributed by atoms with Gasteiger partial charge in [-0.3, -0.25) is 0 Å². The average molecular weight is 292 g/mol. The molecule has 1 saturated carbocycles. The molecule has 20 heavy (non-hydrogen) atoms. The van der Waals surface area contributed by atoms with E-state index in [1.165, 1.54) is 12.8 Å². The summed E-state index contributed by atoms with van der Waals surface area (Å²) in [7, 11) is 0. The lowest BCUT2D eigenvalue weighted by atomic mass is 9.74. The summed E-state index contributed by atoms with van der Waals surface area (Å²) in [5.74, 6) is 1.05. The van der Waals surface area contributed by atoms with Crippen molar-refractivity contribution >= 4 is 22.6 Å². The fourth-order valence-electron chi connectivity index (χ4n) is 2.52. The quantitative estimate of drug-likeness (QED) is 0.927. The van der Waals surface area contributed by atoms with Gasteiger partial charge in [-0.25, -0.2) is 4.98 Å². The van der Waals surface area contributed by atoms with E-state index < -0.39 is 0 Å². The van der Waals surface area contributed by atoms with E-state index in [0.29, 0.717) is 6.04 Å². The molecule has 4 heteroatoms. The lowest BCUT2D eigenvalue weighted by molar-refractivity contribution is 0.283. The second-order valence-electron chi connectivity index (χ2n) is 6.99. The fraction of sp³-hybridized carbons (Fsp3) is 0.562. The standard InChI is InChI=1S/C16H22ClN3/c1-15(2,16(3,4)18)14-19-12-7-5-6-11(17)13(12)20(14)10-8-9-10/h5-7,10H,8-9,18H2,1-4H3. The van der Waals surface area contributed by atoms with E-state index in [2.05, 4.69) is 32.3 Å². The molecule has 0 saturated heterocycles. The number of benzene rings is 1. The van der Waals surface area contributed by atoms with Gasteiger partial charge in [-0.15, -0.1) is 0 Å². The van der Waals surface area contributed by atoms with Gasteiger partial charge < -0.3 is 10.3 Å². The number of hydrogen-bond donors (Lipinski definition) is 1. The fourth-order valence-corrected chi connectivity index (χ4v) is 2.78. The lowest BCUT2D eigenvalue weighted by Gasteiger charge is -2.38. The molecule has 1 aliphatic rings. The summed E-state index contributed by atoms with van der Waals surface area (Å²) in [4.78, 5) is 4.87. The Bertz CT molecular complexity index is 660.